The average Bonchev–Trinajstić information content (AvgIpc) is 2.88. The third kappa shape index (κ3) is 7.06. The summed E-state index contributed by atoms with van der Waals surface area (Å²) in [7, 11) is 0. The van der Waals surface area contributed by atoms with Crippen LogP contribution in [0.5, 0.6) is 5.75 Å². The molecule has 0 unspecified atom stereocenters. The van der Waals surface area contributed by atoms with E-state index in [2.05, 4.69) is 15.0 Å². The van der Waals surface area contributed by atoms with Crippen molar-refractivity contribution in [2.45, 2.75) is 45.4 Å². The van der Waals surface area contributed by atoms with E-state index in [-0.39, 0.29) is 23.5 Å². The van der Waals surface area contributed by atoms with E-state index in [1.54, 1.807) is 28.0 Å². The van der Waals surface area contributed by atoms with Gasteiger partial charge in [0.15, 0.2) is 17.5 Å². The zero-order chi connectivity index (χ0) is 27.2. The fourth-order valence-corrected chi connectivity index (χ4v) is 5.22. The summed E-state index contributed by atoms with van der Waals surface area (Å²) in [4.78, 5) is 18.4. The van der Waals surface area contributed by atoms with Gasteiger partial charge in [-0.15, -0.1) is 0 Å². The standard InChI is InChI=1S/C27H33F5N4O2/c1-18-16-35(21-14-22(28)25(30)23(29)15-21)12-13-36(18)27(37)33-9-6-19-7-10-34(11-8-19)17-20-4-2-3-5-24(20)38-26(31)32/h2-5,14-15,18-19,26H,6-13,16-17H2,1H3,(H,33,37)/t18-/m1/s1. The Hall–Kier alpha value is -3.08. The Morgan fingerprint density at radius 2 is 1.74 bits per heavy atom. The molecular formula is C27H33F5N4O2. The van der Waals surface area contributed by atoms with Gasteiger partial charge in [-0.2, -0.15) is 8.78 Å². The lowest BCUT2D eigenvalue weighted by Crippen LogP contribution is -2.56. The number of ether oxygens (including phenoxy) is 1. The number of benzene rings is 2. The molecule has 1 atom stereocenters. The molecule has 0 aromatic heterocycles. The third-order valence-corrected chi connectivity index (χ3v) is 7.34. The van der Waals surface area contributed by atoms with E-state index >= 15 is 0 Å². The molecule has 2 fully saturated rings. The Labute approximate surface area is 219 Å². The molecule has 208 valence electrons. The normalized spacial score (nSPS) is 19.2. The van der Waals surface area contributed by atoms with Gasteiger partial charge in [-0.3, -0.25) is 4.90 Å². The molecule has 2 aromatic rings. The number of halogens is 5. The molecule has 0 spiro atoms. The van der Waals surface area contributed by atoms with Crippen LogP contribution < -0.4 is 15.0 Å². The van der Waals surface area contributed by atoms with Crippen LogP contribution in [0.2, 0.25) is 0 Å². The Balaban J connectivity index is 1.18. The van der Waals surface area contributed by atoms with E-state index in [0.717, 1.165) is 50.0 Å². The summed E-state index contributed by atoms with van der Waals surface area (Å²) in [6, 6.07) is 8.42. The molecule has 2 saturated heterocycles. The van der Waals surface area contributed by atoms with Gasteiger partial charge in [-0.25, -0.2) is 18.0 Å². The maximum absolute atomic E-state index is 13.6. The average molecular weight is 541 g/mol. The van der Waals surface area contributed by atoms with Gasteiger partial charge in [-0.05, 0) is 51.3 Å². The van der Waals surface area contributed by atoms with Gasteiger partial charge in [0.2, 0.25) is 0 Å². The highest BCUT2D eigenvalue weighted by Gasteiger charge is 2.29. The lowest BCUT2D eigenvalue weighted by molar-refractivity contribution is -0.0508. The van der Waals surface area contributed by atoms with Crippen LogP contribution in [0.3, 0.4) is 0 Å². The number of nitrogens with one attached hydrogen (secondary N) is 1. The summed E-state index contributed by atoms with van der Waals surface area (Å²) < 4.78 is 70.5. The summed E-state index contributed by atoms with van der Waals surface area (Å²) in [6.45, 7) is 2.91. The van der Waals surface area contributed by atoms with E-state index in [1.165, 1.54) is 0 Å². The van der Waals surface area contributed by atoms with E-state index in [9.17, 15) is 26.7 Å². The molecule has 2 aliphatic heterocycles. The van der Waals surface area contributed by atoms with Crippen LogP contribution in [-0.2, 0) is 6.54 Å². The van der Waals surface area contributed by atoms with Crippen LogP contribution in [0.1, 0.15) is 31.7 Å². The summed E-state index contributed by atoms with van der Waals surface area (Å²) in [5.41, 5.74) is 0.993. The Kier molecular flexibility index (Phi) is 9.30. The van der Waals surface area contributed by atoms with Crippen LogP contribution in [0, 0.1) is 23.4 Å². The van der Waals surface area contributed by atoms with Gasteiger partial charge >= 0.3 is 12.6 Å². The van der Waals surface area contributed by atoms with E-state index in [0.29, 0.717) is 38.6 Å². The highest BCUT2D eigenvalue weighted by molar-refractivity contribution is 5.75. The summed E-state index contributed by atoms with van der Waals surface area (Å²) in [6.07, 6.45) is 2.74. The van der Waals surface area contributed by atoms with Crippen LogP contribution in [0.25, 0.3) is 0 Å². The van der Waals surface area contributed by atoms with Crippen LogP contribution in [0.4, 0.5) is 32.4 Å². The minimum atomic E-state index is -2.85. The number of anilines is 1. The SMILES string of the molecule is C[C@@H]1CN(c2cc(F)c(F)c(F)c2)CCN1C(=O)NCCC1CCN(Cc2ccccc2OC(F)F)CC1. The highest BCUT2D eigenvalue weighted by Crippen LogP contribution is 2.27. The second kappa shape index (κ2) is 12.6. The molecule has 1 N–H and O–H groups in total. The number of piperazine rings is 1. The zero-order valence-electron chi connectivity index (χ0n) is 21.3. The van der Waals surface area contributed by atoms with Crippen LogP contribution in [-0.4, -0.2) is 67.8 Å². The number of hydrogen-bond acceptors (Lipinski definition) is 4. The molecule has 11 heteroatoms. The molecule has 4 rings (SSSR count). The fourth-order valence-electron chi connectivity index (χ4n) is 5.22. The number of piperidine rings is 1. The number of rotatable bonds is 8. The third-order valence-electron chi connectivity index (χ3n) is 7.34. The molecule has 6 nitrogen and oxygen atoms in total. The summed E-state index contributed by atoms with van der Waals surface area (Å²) in [5, 5.41) is 2.98. The lowest BCUT2D eigenvalue weighted by Gasteiger charge is -2.41. The molecule has 2 amide bonds. The number of urea groups is 1. The van der Waals surface area contributed by atoms with Crippen molar-refractivity contribution in [2.24, 2.45) is 5.92 Å². The first-order chi connectivity index (χ1) is 18.2. The van der Waals surface area contributed by atoms with Gasteiger partial charge < -0.3 is 19.9 Å². The first kappa shape index (κ1) is 27.9. The van der Waals surface area contributed by atoms with Gasteiger partial charge in [-0.1, -0.05) is 18.2 Å². The molecule has 0 bridgehead atoms. The fraction of sp³-hybridized carbons (Fsp3) is 0.519. The Bertz CT molecular complexity index is 1070. The van der Waals surface area contributed by atoms with Gasteiger partial charge in [0.1, 0.15) is 5.75 Å². The van der Waals surface area contributed by atoms with E-state index in [4.69, 9.17) is 0 Å². The second-order valence-corrected chi connectivity index (χ2v) is 9.94. The number of nitrogens with zero attached hydrogens (tertiary/aromatic N) is 3. The number of carbonyl (C=O) groups excluding carboxylic acids is 1. The van der Waals surface area contributed by atoms with Crippen molar-refractivity contribution >= 4 is 11.7 Å². The zero-order valence-corrected chi connectivity index (χ0v) is 21.3. The molecule has 0 radical (unpaired) electrons. The van der Waals surface area contributed by atoms with Crippen LogP contribution in [0.15, 0.2) is 36.4 Å². The van der Waals surface area contributed by atoms with Crippen LogP contribution >= 0.6 is 0 Å². The van der Waals surface area contributed by atoms with Crippen molar-refractivity contribution in [3.05, 3.63) is 59.4 Å². The predicted molar refractivity (Wildman–Crippen MR) is 134 cm³/mol. The van der Waals surface area contributed by atoms with E-state index < -0.39 is 24.1 Å². The maximum Gasteiger partial charge on any atom is 0.387 e. The van der Waals surface area contributed by atoms with Crippen molar-refractivity contribution in [1.29, 1.82) is 0 Å². The van der Waals surface area contributed by atoms with Crippen molar-refractivity contribution in [3.63, 3.8) is 0 Å². The highest BCUT2D eigenvalue weighted by atomic mass is 19.3. The minimum Gasteiger partial charge on any atom is -0.434 e. The monoisotopic (exact) mass is 540 g/mol. The first-order valence-corrected chi connectivity index (χ1v) is 12.9. The second-order valence-electron chi connectivity index (χ2n) is 9.94. The number of hydrogen-bond donors (Lipinski definition) is 1. The minimum absolute atomic E-state index is 0.179. The van der Waals surface area contributed by atoms with Crippen molar-refractivity contribution in [3.8, 4) is 5.75 Å². The lowest BCUT2D eigenvalue weighted by atomic mass is 9.93. The summed E-state index contributed by atoms with van der Waals surface area (Å²) in [5.74, 6) is -3.29. The molecule has 2 aromatic carbocycles. The number of amides is 2. The molecule has 0 aliphatic carbocycles. The quantitative estimate of drug-likeness (QED) is 0.368. The van der Waals surface area contributed by atoms with Gasteiger partial charge in [0.05, 0.1) is 0 Å². The van der Waals surface area contributed by atoms with Gasteiger partial charge in [0.25, 0.3) is 0 Å². The number of carbonyl (C=O) groups is 1. The summed E-state index contributed by atoms with van der Waals surface area (Å²) >= 11 is 0. The molecule has 0 saturated carbocycles. The molecule has 2 heterocycles. The largest absolute Gasteiger partial charge is 0.434 e. The topological polar surface area (TPSA) is 48.0 Å². The van der Waals surface area contributed by atoms with Crippen molar-refractivity contribution < 1.29 is 31.5 Å². The van der Waals surface area contributed by atoms with Crippen molar-refractivity contribution in [1.82, 2.24) is 15.1 Å². The molecule has 2 aliphatic rings. The van der Waals surface area contributed by atoms with Crippen molar-refractivity contribution in [2.75, 3.05) is 44.2 Å². The van der Waals surface area contributed by atoms with Gasteiger partial charge in [0, 0.05) is 62.1 Å². The number of alkyl halides is 2. The molecular weight excluding hydrogens is 507 g/mol. The number of para-hydroxylation sites is 1. The first-order valence-electron chi connectivity index (χ1n) is 12.9. The van der Waals surface area contributed by atoms with E-state index in [1.807, 2.05) is 13.0 Å². The smallest absolute Gasteiger partial charge is 0.387 e. The predicted octanol–water partition coefficient (Wildman–Crippen LogP) is 5.23. The number of likely N-dealkylation sites (tertiary alicyclic amines) is 1. The maximum atomic E-state index is 13.6. The Morgan fingerprint density at radius 3 is 2.39 bits per heavy atom. The molecule has 38 heavy (non-hydrogen) atoms. The Morgan fingerprint density at radius 1 is 1.05 bits per heavy atom.